The lowest BCUT2D eigenvalue weighted by Gasteiger charge is -2.23. The first-order valence-electron chi connectivity index (χ1n) is 9.55. The third kappa shape index (κ3) is 6.11. The zero-order chi connectivity index (χ0) is 18.5. The van der Waals surface area contributed by atoms with Gasteiger partial charge in [-0.1, -0.05) is 50.4 Å². The van der Waals surface area contributed by atoms with Crippen molar-refractivity contribution >= 4 is 40.9 Å². The Morgan fingerprint density at radius 3 is 2.67 bits per heavy atom. The van der Waals surface area contributed by atoms with E-state index in [1.807, 2.05) is 7.05 Å². The molecule has 2 atom stereocenters. The van der Waals surface area contributed by atoms with Crippen LogP contribution in [-0.4, -0.2) is 40.4 Å². The van der Waals surface area contributed by atoms with Gasteiger partial charge in [0.25, 0.3) is 0 Å². The van der Waals surface area contributed by atoms with Gasteiger partial charge in [0.05, 0.1) is 12.1 Å². The Morgan fingerprint density at radius 2 is 2.00 bits per heavy atom. The molecule has 4 nitrogen and oxygen atoms in total. The first-order chi connectivity index (χ1) is 12.5. The molecule has 1 N–H and O–H groups in total. The summed E-state index contributed by atoms with van der Waals surface area (Å²) in [6.07, 6.45) is 7.92. The van der Waals surface area contributed by atoms with Gasteiger partial charge in [-0.2, -0.15) is 0 Å². The summed E-state index contributed by atoms with van der Waals surface area (Å²) in [4.78, 5) is 19.6. The van der Waals surface area contributed by atoms with Crippen LogP contribution in [0.25, 0.3) is 0 Å². The number of benzene rings is 1. The van der Waals surface area contributed by atoms with E-state index in [1.165, 1.54) is 50.7 Å². The molecule has 2 aliphatic rings. The normalized spacial score (nSPS) is 25.1. The predicted molar refractivity (Wildman–Crippen MR) is 114 cm³/mol. The van der Waals surface area contributed by atoms with E-state index in [-0.39, 0.29) is 30.2 Å². The van der Waals surface area contributed by atoms with Crippen LogP contribution in [0.1, 0.15) is 51.9 Å². The second kappa shape index (κ2) is 10.3. The van der Waals surface area contributed by atoms with E-state index in [1.54, 1.807) is 23.9 Å². The Balaban J connectivity index is 0.00000261. The number of carbonyl (C=O) groups excluding carboxylic acids is 1. The lowest BCUT2D eigenvalue weighted by molar-refractivity contribution is -0.117. The standard InChI is InChI=1S/C20H28FN3OS.ClH/c1-14-18(13-19(25)22-17-11-7-8-15(21)12-17)24(2)20(26-14)23-16-9-5-3-4-6-10-16;/h7-8,11-12,14,16,18H,3-6,9-10,13H2,1-2H3,(H,22,25);1H. The van der Waals surface area contributed by atoms with Crippen LogP contribution in [0, 0.1) is 5.82 Å². The zero-order valence-electron chi connectivity index (χ0n) is 16.0. The Kier molecular flexibility index (Phi) is 8.42. The third-order valence-corrected chi connectivity index (χ3v) is 6.54. The monoisotopic (exact) mass is 413 g/mol. The van der Waals surface area contributed by atoms with Gasteiger partial charge in [-0.05, 0) is 31.0 Å². The number of nitrogens with zero attached hydrogens (tertiary/aromatic N) is 2. The number of hydrogen-bond donors (Lipinski definition) is 1. The molecule has 0 radical (unpaired) electrons. The van der Waals surface area contributed by atoms with E-state index in [9.17, 15) is 9.18 Å². The Bertz CT molecular complexity index is 664. The molecule has 3 rings (SSSR count). The van der Waals surface area contributed by atoms with Crippen molar-refractivity contribution in [3.05, 3.63) is 30.1 Å². The number of hydrogen-bond acceptors (Lipinski definition) is 3. The van der Waals surface area contributed by atoms with Gasteiger partial charge in [0.15, 0.2) is 5.17 Å². The van der Waals surface area contributed by atoms with Crippen LogP contribution in [0.3, 0.4) is 0 Å². The number of halogens is 2. The SMILES string of the molecule is CC1SC(=NC2CCCCCC2)N(C)C1CC(=O)Nc1cccc(F)c1.Cl. The minimum atomic E-state index is -0.345. The molecule has 0 spiro atoms. The van der Waals surface area contributed by atoms with Crippen LogP contribution in [0.2, 0.25) is 0 Å². The van der Waals surface area contributed by atoms with Gasteiger partial charge >= 0.3 is 0 Å². The third-order valence-electron chi connectivity index (χ3n) is 5.25. The second-order valence-corrected chi connectivity index (χ2v) is 8.67. The molecular weight excluding hydrogens is 385 g/mol. The van der Waals surface area contributed by atoms with E-state index in [2.05, 4.69) is 17.1 Å². The van der Waals surface area contributed by atoms with Crippen molar-refractivity contribution in [2.45, 2.75) is 69.2 Å². The van der Waals surface area contributed by atoms with Crippen LogP contribution < -0.4 is 5.32 Å². The second-order valence-electron chi connectivity index (χ2n) is 7.32. The van der Waals surface area contributed by atoms with Crippen molar-refractivity contribution in [1.29, 1.82) is 0 Å². The maximum atomic E-state index is 13.3. The van der Waals surface area contributed by atoms with Crippen LogP contribution >= 0.6 is 24.2 Å². The average Bonchev–Trinajstić information content (AvgIpc) is 2.79. The molecule has 1 aromatic rings. The summed E-state index contributed by atoms with van der Waals surface area (Å²) >= 11 is 1.77. The van der Waals surface area contributed by atoms with Crippen LogP contribution in [0.15, 0.2) is 29.3 Å². The fourth-order valence-electron chi connectivity index (χ4n) is 3.72. The average molecular weight is 414 g/mol. The number of aliphatic imine (C=N–C) groups is 1. The van der Waals surface area contributed by atoms with Gasteiger partial charge in [0, 0.05) is 24.4 Å². The Hall–Kier alpha value is -1.27. The summed E-state index contributed by atoms with van der Waals surface area (Å²) in [7, 11) is 2.03. The highest BCUT2D eigenvalue weighted by Crippen LogP contribution is 2.33. The van der Waals surface area contributed by atoms with Gasteiger partial charge in [-0.3, -0.25) is 9.79 Å². The molecule has 7 heteroatoms. The summed E-state index contributed by atoms with van der Waals surface area (Å²) in [5.41, 5.74) is 0.503. The minimum Gasteiger partial charge on any atom is -0.350 e. The van der Waals surface area contributed by atoms with Crippen molar-refractivity contribution in [2.75, 3.05) is 12.4 Å². The number of anilines is 1. The fraction of sp³-hybridized carbons (Fsp3) is 0.600. The van der Waals surface area contributed by atoms with Crippen LogP contribution in [-0.2, 0) is 4.79 Å². The molecule has 27 heavy (non-hydrogen) atoms. The molecule has 0 bridgehead atoms. The number of rotatable bonds is 4. The largest absolute Gasteiger partial charge is 0.350 e. The van der Waals surface area contributed by atoms with E-state index in [0.717, 1.165) is 5.17 Å². The minimum absolute atomic E-state index is 0. The Labute approximate surface area is 171 Å². The summed E-state index contributed by atoms with van der Waals surface area (Å²) in [5, 5.41) is 4.17. The van der Waals surface area contributed by atoms with Gasteiger partial charge < -0.3 is 10.2 Å². The first-order valence-corrected chi connectivity index (χ1v) is 10.4. The quantitative estimate of drug-likeness (QED) is 0.699. The maximum Gasteiger partial charge on any atom is 0.226 e. The molecule has 1 aliphatic heterocycles. The molecule has 1 aromatic carbocycles. The van der Waals surface area contributed by atoms with Crippen LogP contribution in [0.5, 0.6) is 0 Å². The number of amides is 1. The lowest BCUT2D eigenvalue weighted by atomic mass is 10.1. The molecule has 1 saturated carbocycles. The van der Waals surface area contributed by atoms with E-state index >= 15 is 0 Å². The van der Waals surface area contributed by atoms with E-state index in [4.69, 9.17) is 4.99 Å². The number of amidine groups is 1. The summed E-state index contributed by atoms with van der Waals surface area (Å²) in [6.45, 7) is 2.15. The number of nitrogens with one attached hydrogen (secondary N) is 1. The topological polar surface area (TPSA) is 44.7 Å². The molecule has 1 amide bonds. The van der Waals surface area contributed by atoms with Crippen molar-refractivity contribution in [1.82, 2.24) is 4.90 Å². The van der Waals surface area contributed by atoms with Crippen LogP contribution in [0.4, 0.5) is 10.1 Å². The summed E-state index contributed by atoms with van der Waals surface area (Å²) < 4.78 is 13.3. The molecular formula is C20H29ClFN3OS. The summed E-state index contributed by atoms with van der Waals surface area (Å²) in [5.74, 6) is -0.432. The maximum absolute atomic E-state index is 13.3. The van der Waals surface area contributed by atoms with Crippen molar-refractivity contribution in [3.63, 3.8) is 0 Å². The zero-order valence-corrected chi connectivity index (χ0v) is 17.6. The van der Waals surface area contributed by atoms with Crippen molar-refractivity contribution < 1.29 is 9.18 Å². The fourth-order valence-corrected chi connectivity index (χ4v) is 5.00. The van der Waals surface area contributed by atoms with Gasteiger partial charge in [-0.15, -0.1) is 12.4 Å². The molecule has 1 heterocycles. The highest BCUT2D eigenvalue weighted by Gasteiger charge is 2.35. The van der Waals surface area contributed by atoms with Crippen molar-refractivity contribution in [3.8, 4) is 0 Å². The van der Waals surface area contributed by atoms with Crippen molar-refractivity contribution in [2.24, 2.45) is 4.99 Å². The number of thioether (sulfide) groups is 1. The molecule has 2 unspecified atom stereocenters. The molecule has 2 fully saturated rings. The summed E-state index contributed by atoms with van der Waals surface area (Å²) in [6, 6.07) is 6.55. The number of carbonyl (C=O) groups is 1. The first kappa shape index (κ1) is 22.0. The van der Waals surface area contributed by atoms with E-state index in [0.29, 0.717) is 23.4 Å². The molecule has 150 valence electrons. The highest BCUT2D eigenvalue weighted by atomic mass is 35.5. The smallest absolute Gasteiger partial charge is 0.226 e. The molecule has 1 aliphatic carbocycles. The molecule has 1 saturated heterocycles. The lowest BCUT2D eigenvalue weighted by Crippen LogP contribution is -2.36. The molecule has 0 aromatic heterocycles. The highest BCUT2D eigenvalue weighted by molar-refractivity contribution is 8.14. The van der Waals surface area contributed by atoms with E-state index < -0.39 is 0 Å². The predicted octanol–water partition coefficient (Wildman–Crippen LogP) is 5.09. The van der Waals surface area contributed by atoms with Gasteiger partial charge in [-0.25, -0.2) is 4.39 Å². The van der Waals surface area contributed by atoms with Gasteiger partial charge in [0.2, 0.25) is 5.91 Å². The Morgan fingerprint density at radius 1 is 1.30 bits per heavy atom. The van der Waals surface area contributed by atoms with Gasteiger partial charge in [0.1, 0.15) is 5.82 Å².